The number of benzene rings is 2. The molecule has 0 aliphatic rings. The van der Waals surface area contributed by atoms with Gasteiger partial charge in [-0.1, -0.05) is 12.1 Å². The number of rotatable bonds is 1. The van der Waals surface area contributed by atoms with Gasteiger partial charge in [-0.25, -0.2) is 4.79 Å². The number of carbonyl (C=O) groups is 1. The summed E-state index contributed by atoms with van der Waals surface area (Å²) >= 11 is 0. The lowest BCUT2D eigenvalue weighted by Crippen LogP contribution is -1.99. The third-order valence-electron chi connectivity index (χ3n) is 2.51. The summed E-state index contributed by atoms with van der Waals surface area (Å²) in [5.74, 6) is -1.07. The Bertz CT molecular complexity index is 549. The molecule has 0 aromatic heterocycles. The van der Waals surface area contributed by atoms with Gasteiger partial charge in [0.05, 0.1) is 0 Å². The van der Waals surface area contributed by atoms with Gasteiger partial charge in [0.1, 0.15) is 22.8 Å². The van der Waals surface area contributed by atoms with Crippen molar-refractivity contribution in [3.63, 3.8) is 0 Å². The van der Waals surface area contributed by atoms with Crippen molar-refractivity contribution in [3.05, 3.63) is 53.1 Å². The second-order valence-electron chi connectivity index (χ2n) is 4.30. The fraction of sp³-hybridized carbons (Fsp3) is 0.133. The van der Waals surface area contributed by atoms with Gasteiger partial charge < -0.3 is 20.4 Å². The van der Waals surface area contributed by atoms with Crippen molar-refractivity contribution in [1.82, 2.24) is 0 Å². The number of aromatic hydroxyl groups is 3. The van der Waals surface area contributed by atoms with Crippen molar-refractivity contribution < 1.29 is 25.2 Å². The molecule has 0 aliphatic heterocycles. The highest BCUT2D eigenvalue weighted by molar-refractivity contribution is 5.92. The normalized spacial score (nSPS) is 9.50. The second kappa shape index (κ2) is 6.47. The minimum atomic E-state index is -1.10. The van der Waals surface area contributed by atoms with E-state index in [2.05, 4.69) is 0 Å². The third-order valence-corrected chi connectivity index (χ3v) is 2.51. The summed E-state index contributed by atoms with van der Waals surface area (Å²) in [7, 11) is 0. The average molecular weight is 276 g/mol. The smallest absolute Gasteiger partial charge is 0.339 e. The summed E-state index contributed by atoms with van der Waals surface area (Å²) < 4.78 is 0. The molecular weight excluding hydrogens is 260 g/mol. The minimum absolute atomic E-state index is 0.0208. The van der Waals surface area contributed by atoms with E-state index in [4.69, 9.17) is 20.4 Å². The van der Waals surface area contributed by atoms with E-state index in [0.717, 1.165) is 5.56 Å². The van der Waals surface area contributed by atoms with Gasteiger partial charge in [0.15, 0.2) is 0 Å². The molecule has 0 amide bonds. The Morgan fingerprint density at radius 1 is 0.950 bits per heavy atom. The first-order valence-corrected chi connectivity index (χ1v) is 5.82. The Hall–Kier alpha value is -2.69. The van der Waals surface area contributed by atoms with Crippen LogP contribution >= 0.6 is 0 Å². The maximum Gasteiger partial charge on any atom is 0.339 e. The van der Waals surface area contributed by atoms with Crippen LogP contribution in [0, 0.1) is 13.8 Å². The first kappa shape index (κ1) is 15.4. The van der Waals surface area contributed by atoms with Gasteiger partial charge in [-0.3, -0.25) is 0 Å². The molecule has 0 heterocycles. The van der Waals surface area contributed by atoms with E-state index in [1.807, 2.05) is 0 Å². The molecule has 0 unspecified atom stereocenters. The molecule has 0 atom stereocenters. The van der Waals surface area contributed by atoms with Crippen LogP contribution in [0.3, 0.4) is 0 Å². The quantitative estimate of drug-likeness (QED) is 0.642. The van der Waals surface area contributed by atoms with Gasteiger partial charge in [-0.15, -0.1) is 0 Å². The lowest BCUT2D eigenvalue weighted by molar-refractivity contribution is 0.0693. The first-order chi connectivity index (χ1) is 9.31. The second-order valence-corrected chi connectivity index (χ2v) is 4.30. The van der Waals surface area contributed by atoms with E-state index in [1.54, 1.807) is 38.1 Å². The van der Waals surface area contributed by atoms with Crippen molar-refractivity contribution in [1.29, 1.82) is 0 Å². The molecule has 5 nitrogen and oxygen atoms in total. The number of carboxylic acids is 1. The molecule has 20 heavy (non-hydrogen) atoms. The molecule has 5 heteroatoms. The zero-order chi connectivity index (χ0) is 15.3. The summed E-state index contributed by atoms with van der Waals surface area (Å²) in [6.07, 6.45) is 0. The van der Waals surface area contributed by atoms with Gasteiger partial charge in [-0.2, -0.15) is 0 Å². The van der Waals surface area contributed by atoms with E-state index >= 15 is 0 Å². The number of hydrogen-bond donors (Lipinski definition) is 4. The van der Waals surface area contributed by atoms with Crippen molar-refractivity contribution in [3.8, 4) is 17.2 Å². The molecule has 106 valence electrons. The lowest BCUT2D eigenvalue weighted by Gasteiger charge is -2.01. The molecule has 0 aliphatic carbocycles. The number of phenols is 3. The summed E-state index contributed by atoms with van der Waals surface area (Å²) in [5.41, 5.74) is 1.40. The molecule has 0 fully saturated rings. The van der Waals surface area contributed by atoms with Crippen LogP contribution in [0.5, 0.6) is 17.2 Å². The first-order valence-electron chi connectivity index (χ1n) is 5.82. The molecule has 0 saturated heterocycles. The van der Waals surface area contributed by atoms with Gasteiger partial charge in [0.25, 0.3) is 0 Å². The van der Waals surface area contributed by atoms with Gasteiger partial charge in [0.2, 0.25) is 0 Å². The van der Waals surface area contributed by atoms with Crippen molar-refractivity contribution >= 4 is 5.97 Å². The third kappa shape index (κ3) is 4.20. The van der Waals surface area contributed by atoms with E-state index < -0.39 is 5.97 Å². The lowest BCUT2D eigenvalue weighted by atomic mass is 10.1. The van der Waals surface area contributed by atoms with E-state index in [0.29, 0.717) is 5.56 Å². The van der Waals surface area contributed by atoms with E-state index in [1.165, 1.54) is 12.1 Å². The topological polar surface area (TPSA) is 98.0 Å². The Morgan fingerprint density at radius 3 is 1.85 bits per heavy atom. The standard InChI is InChI=1S/C8H8O3.C7H8O2/c1-5-3-2-4-6(9)7(5)8(10)11;1-5-2-6(8)4-7(9)3-5/h2-4,9H,1H3,(H,10,11);2-4,8-9H,1H3. The van der Waals surface area contributed by atoms with Crippen molar-refractivity contribution in [2.24, 2.45) is 0 Å². The number of aromatic carboxylic acids is 1. The van der Waals surface area contributed by atoms with E-state index in [9.17, 15) is 4.79 Å². The van der Waals surface area contributed by atoms with Crippen molar-refractivity contribution in [2.45, 2.75) is 13.8 Å². The van der Waals surface area contributed by atoms with Crippen LogP contribution in [-0.4, -0.2) is 26.4 Å². The van der Waals surface area contributed by atoms with Gasteiger partial charge in [-0.05, 0) is 43.2 Å². The number of aryl methyl sites for hydroxylation is 2. The maximum absolute atomic E-state index is 10.5. The van der Waals surface area contributed by atoms with E-state index in [-0.39, 0.29) is 22.8 Å². The predicted molar refractivity (Wildman–Crippen MR) is 74.3 cm³/mol. The fourth-order valence-electron chi connectivity index (χ4n) is 1.67. The van der Waals surface area contributed by atoms with Crippen LogP contribution < -0.4 is 0 Å². The van der Waals surface area contributed by atoms with Gasteiger partial charge in [0, 0.05) is 6.07 Å². The molecule has 2 rings (SSSR count). The molecular formula is C15H16O5. The predicted octanol–water partition coefficient (Wildman–Crippen LogP) is 2.81. The van der Waals surface area contributed by atoms with Gasteiger partial charge >= 0.3 is 5.97 Å². The summed E-state index contributed by atoms with van der Waals surface area (Å²) in [6, 6.07) is 9.07. The monoisotopic (exact) mass is 276 g/mol. The SMILES string of the molecule is Cc1cc(O)cc(O)c1.Cc1cccc(O)c1C(=O)O. The molecule has 0 saturated carbocycles. The molecule has 0 spiro atoms. The summed E-state index contributed by atoms with van der Waals surface area (Å²) in [4.78, 5) is 10.5. The Labute approximate surface area is 116 Å². The zero-order valence-corrected chi connectivity index (χ0v) is 11.2. The molecule has 2 aromatic carbocycles. The Kier molecular flexibility index (Phi) is 4.97. The molecule has 2 aromatic rings. The maximum atomic E-state index is 10.5. The number of carboxylic acid groups (broad SMARTS) is 1. The van der Waals surface area contributed by atoms with Crippen LogP contribution in [0.1, 0.15) is 21.5 Å². The minimum Gasteiger partial charge on any atom is -0.508 e. The largest absolute Gasteiger partial charge is 0.508 e. The summed E-state index contributed by atoms with van der Waals surface area (Å²) in [6.45, 7) is 3.45. The van der Waals surface area contributed by atoms with Crippen LogP contribution in [0.25, 0.3) is 0 Å². The number of phenolic OH excluding ortho intramolecular Hbond substituents is 2. The summed E-state index contributed by atoms with van der Waals surface area (Å²) in [5, 5.41) is 35.3. The highest BCUT2D eigenvalue weighted by Crippen LogP contribution is 2.20. The van der Waals surface area contributed by atoms with Crippen LogP contribution in [0.15, 0.2) is 36.4 Å². The van der Waals surface area contributed by atoms with Crippen molar-refractivity contribution in [2.75, 3.05) is 0 Å². The fourth-order valence-corrected chi connectivity index (χ4v) is 1.67. The van der Waals surface area contributed by atoms with Crippen LogP contribution in [-0.2, 0) is 0 Å². The molecule has 0 radical (unpaired) electrons. The Morgan fingerprint density at radius 2 is 1.50 bits per heavy atom. The average Bonchev–Trinajstić information content (AvgIpc) is 2.26. The highest BCUT2D eigenvalue weighted by Gasteiger charge is 2.10. The highest BCUT2D eigenvalue weighted by atomic mass is 16.4. The number of hydrogen-bond acceptors (Lipinski definition) is 4. The zero-order valence-electron chi connectivity index (χ0n) is 11.2. The molecule has 0 bridgehead atoms. The molecule has 4 N–H and O–H groups in total. The van der Waals surface area contributed by atoms with Crippen LogP contribution in [0.2, 0.25) is 0 Å². The Balaban J connectivity index is 0.000000204. The van der Waals surface area contributed by atoms with Crippen LogP contribution in [0.4, 0.5) is 0 Å².